The number of nitrogens with zero attached hydrogens (tertiary/aromatic N) is 1. The Kier molecular flexibility index (Phi) is 9.10. The molecule has 0 heterocycles. The van der Waals surface area contributed by atoms with E-state index in [9.17, 15) is 8.42 Å². The third-order valence-electron chi connectivity index (χ3n) is 2.73. The molecule has 0 spiro atoms. The van der Waals surface area contributed by atoms with Gasteiger partial charge in [-0.15, -0.1) is 0 Å². The Labute approximate surface area is 105 Å². The Balaban J connectivity index is 3.50. The quantitative estimate of drug-likeness (QED) is 0.614. The topological polar surface area (TPSA) is 70.0 Å². The van der Waals surface area contributed by atoms with E-state index in [1.54, 1.807) is 6.07 Å². The molecule has 0 saturated heterocycles. The Morgan fingerprint density at radius 3 is 2.18 bits per heavy atom. The highest BCUT2D eigenvalue weighted by Gasteiger charge is 2.18. The molecule has 0 radical (unpaired) electrons. The van der Waals surface area contributed by atoms with Crippen molar-refractivity contribution in [2.45, 2.75) is 64.0 Å². The van der Waals surface area contributed by atoms with Gasteiger partial charge in [0.2, 0.25) is 10.0 Å². The molecule has 1 unspecified atom stereocenters. The van der Waals surface area contributed by atoms with Crippen molar-refractivity contribution in [1.29, 1.82) is 5.26 Å². The summed E-state index contributed by atoms with van der Waals surface area (Å²) in [6.07, 6.45) is 8.09. The van der Waals surface area contributed by atoms with E-state index in [0.717, 1.165) is 19.3 Å². The molecule has 0 bridgehead atoms. The van der Waals surface area contributed by atoms with Crippen LogP contribution in [0.5, 0.6) is 0 Å². The fraction of sp³-hybridized carbons (Fsp3) is 0.917. The van der Waals surface area contributed by atoms with Crippen LogP contribution in [0.15, 0.2) is 0 Å². The van der Waals surface area contributed by atoms with Crippen LogP contribution in [0.25, 0.3) is 0 Å². The summed E-state index contributed by atoms with van der Waals surface area (Å²) in [5.74, 6) is 0. The molecule has 0 aliphatic heterocycles. The zero-order chi connectivity index (χ0) is 13.1. The Morgan fingerprint density at radius 1 is 1.12 bits per heavy atom. The average molecular weight is 260 g/mol. The van der Waals surface area contributed by atoms with Crippen molar-refractivity contribution in [2.75, 3.05) is 6.54 Å². The van der Waals surface area contributed by atoms with E-state index in [1.807, 2.05) is 0 Å². The zero-order valence-corrected chi connectivity index (χ0v) is 11.7. The summed E-state index contributed by atoms with van der Waals surface area (Å²) in [4.78, 5) is 0. The number of sulfonamides is 1. The molecule has 0 aromatic carbocycles. The van der Waals surface area contributed by atoms with Gasteiger partial charge in [0.25, 0.3) is 0 Å². The first-order chi connectivity index (χ1) is 8.04. The fourth-order valence-corrected chi connectivity index (χ4v) is 2.31. The van der Waals surface area contributed by atoms with Gasteiger partial charge in [-0.3, -0.25) is 0 Å². The van der Waals surface area contributed by atoms with Gasteiger partial charge in [0.1, 0.15) is 0 Å². The van der Waals surface area contributed by atoms with E-state index < -0.39 is 15.3 Å². The maximum atomic E-state index is 11.4. The molecule has 0 aliphatic rings. The van der Waals surface area contributed by atoms with Gasteiger partial charge in [0.15, 0.2) is 5.25 Å². The average Bonchev–Trinajstić information content (AvgIpc) is 2.31. The normalized spacial score (nSPS) is 13.2. The van der Waals surface area contributed by atoms with Crippen LogP contribution in [0, 0.1) is 11.3 Å². The lowest BCUT2D eigenvalue weighted by atomic mass is 10.1. The summed E-state index contributed by atoms with van der Waals surface area (Å²) in [5.41, 5.74) is 0. The number of nitrogens with one attached hydrogen (secondary N) is 1. The van der Waals surface area contributed by atoms with Crippen LogP contribution in [-0.2, 0) is 10.0 Å². The highest BCUT2D eigenvalue weighted by molar-refractivity contribution is 7.90. The Morgan fingerprint density at radius 2 is 1.65 bits per heavy atom. The van der Waals surface area contributed by atoms with Crippen molar-refractivity contribution < 1.29 is 8.42 Å². The van der Waals surface area contributed by atoms with E-state index in [4.69, 9.17) is 5.26 Å². The molecule has 1 atom stereocenters. The van der Waals surface area contributed by atoms with Gasteiger partial charge >= 0.3 is 0 Å². The first-order valence-electron chi connectivity index (χ1n) is 6.42. The molecule has 0 rings (SSSR count). The van der Waals surface area contributed by atoms with Crippen molar-refractivity contribution in [2.24, 2.45) is 0 Å². The van der Waals surface area contributed by atoms with Crippen LogP contribution in [0.1, 0.15) is 58.8 Å². The highest BCUT2D eigenvalue weighted by atomic mass is 32.2. The van der Waals surface area contributed by atoms with Gasteiger partial charge < -0.3 is 0 Å². The van der Waals surface area contributed by atoms with E-state index in [2.05, 4.69) is 11.6 Å². The number of hydrogen-bond acceptors (Lipinski definition) is 3. The summed E-state index contributed by atoms with van der Waals surface area (Å²) < 4.78 is 25.3. The van der Waals surface area contributed by atoms with Crippen molar-refractivity contribution in [3.8, 4) is 6.07 Å². The fourth-order valence-electron chi connectivity index (χ4n) is 1.49. The van der Waals surface area contributed by atoms with Gasteiger partial charge in [-0.1, -0.05) is 45.4 Å². The van der Waals surface area contributed by atoms with E-state index in [-0.39, 0.29) is 0 Å². The Bertz CT molecular complexity index is 320. The van der Waals surface area contributed by atoms with Crippen LogP contribution < -0.4 is 4.72 Å². The molecular formula is C12H24N2O2S. The predicted molar refractivity (Wildman–Crippen MR) is 70.0 cm³/mol. The minimum atomic E-state index is -3.42. The maximum Gasteiger partial charge on any atom is 0.227 e. The largest absolute Gasteiger partial charge is 0.227 e. The molecule has 0 aromatic heterocycles. The number of hydrogen-bond donors (Lipinski definition) is 1. The molecular weight excluding hydrogens is 236 g/mol. The highest BCUT2D eigenvalue weighted by Crippen LogP contribution is 2.06. The summed E-state index contributed by atoms with van der Waals surface area (Å²) in [5, 5.41) is 7.56. The lowest BCUT2D eigenvalue weighted by Crippen LogP contribution is -2.32. The smallest absolute Gasteiger partial charge is 0.214 e. The van der Waals surface area contributed by atoms with Gasteiger partial charge in [0, 0.05) is 6.54 Å². The monoisotopic (exact) mass is 260 g/mol. The molecule has 0 aliphatic carbocycles. The summed E-state index contributed by atoms with van der Waals surface area (Å²) in [6, 6.07) is 1.73. The van der Waals surface area contributed by atoms with Crippen LogP contribution in [-0.4, -0.2) is 20.2 Å². The molecule has 5 heteroatoms. The van der Waals surface area contributed by atoms with Crippen LogP contribution in [0.2, 0.25) is 0 Å². The number of unbranched alkanes of at least 4 members (excludes halogenated alkanes) is 6. The Hall–Kier alpha value is -0.600. The summed E-state index contributed by atoms with van der Waals surface area (Å²) >= 11 is 0. The molecule has 0 aromatic rings. The molecule has 100 valence electrons. The first-order valence-corrected chi connectivity index (χ1v) is 7.97. The van der Waals surface area contributed by atoms with Crippen LogP contribution in [0.3, 0.4) is 0 Å². The molecule has 0 saturated carbocycles. The standard InChI is InChI=1S/C12H24N2O2S/c1-3-4-5-6-7-8-9-10-14-17(15,16)12(2)11-13/h12,14H,3-10H2,1-2H3. The second-order valence-corrected chi connectivity index (χ2v) is 6.42. The third-order valence-corrected chi connectivity index (χ3v) is 4.37. The molecule has 0 fully saturated rings. The lowest BCUT2D eigenvalue weighted by molar-refractivity contribution is 0.561. The van der Waals surface area contributed by atoms with E-state index in [1.165, 1.54) is 32.6 Å². The summed E-state index contributed by atoms with van der Waals surface area (Å²) in [6.45, 7) is 4.03. The van der Waals surface area contributed by atoms with Crippen molar-refractivity contribution >= 4 is 10.0 Å². The van der Waals surface area contributed by atoms with Gasteiger partial charge in [-0.05, 0) is 13.3 Å². The first kappa shape index (κ1) is 16.4. The van der Waals surface area contributed by atoms with Gasteiger partial charge in [-0.25, -0.2) is 13.1 Å². The zero-order valence-electron chi connectivity index (χ0n) is 10.9. The minimum absolute atomic E-state index is 0.447. The van der Waals surface area contributed by atoms with Crippen LogP contribution >= 0.6 is 0 Å². The number of rotatable bonds is 10. The third kappa shape index (κ3) is 8.17. The SMILES string of the molecule is CCCCCCCCCNS(=O)(=O)C(C)C#N. The van der Waals surface area contributed by atoms with E-state index >= 15 is 0 Å². The van der Waals surface area contributed by atoms with Crippen LogP contribution in [0.4, 0.5) is 0 Å². The number of nitriles is 1. The lowest BCUT2D eigenvalue weighted by Gasteiger charge is -2.07. The van der Waals surface area contributed by atoms with Crippen molar-refractivity contribution in [1.82, 2.24) is 4.72 Å². The van der Waals surface area contributed by atoms with E-state index in [0.29, 0.717) is 6.54 Å². The van der Waals surface area contributed by atoms with Crippen molar-refractivity contribution in [3.05, 3.63) is 0 Å². The van der Waals surface area contributed by atoms with Crippen molar-refractivity contribution in [3.63, 3.8) is 0 Å². The molecule has 1 N–H and O–H groups in total. The van der Waals surface area contributed by atoms with Gasteiger partial charge in [0.05, 0.1) is 6.07 Å². The second kappa shape index (κ2) is 9.43. The molecule has 17 heavy (non-hydrogen) atoms. The van der Waals surface area contributed by atoms with Gasteiger partial charge in [-0.2, -0.15) is 5.26 Å². The summed E-state index contributed by atoms with van der Waals surface area (Å²) in [7, 11) is -3.42. The predicted octanol–water partition coefficient (Wildman–Crippen LogP) is 2.57. The molecule has 0 amide bonds. The molecule has 4 nitrogen and oxygen atoms in total. The minimum Gasteiger partial charge on any atom is -0.214 e. The second-order valence-electron chi connectivity index (χ2n) is 4.33. The maximum absolute atomic E-state index is 11.4.